The van der Waals surface area contributed by atoms with Gasteiger partial charge in [0.2, 0.25) is 0 Å². The Morgan fingerprint density at radius 1 is 1.42 bits per heavy atom. The molecule has 2 heterocycles. The number of alkyl halides is 2. The number of nitrogens with one attached hydrogen (secondary N) is 1. The summed E-state index contributed by atoms with van der Waals surface area (Å²) in [5.41, 5.74) is 0. The lowest BCUT2D eigenvalue weighted by molar-refractivity contribution is -0.132. The van der Waals surface area contributed by atoms with Gasteiger partial charge in [-0.15, -0.1) is 0 Å². The van der Waals surface area contributed by atoms with Gasteiger partial charge in [-0.2, -0.15) is 0 Å². The molecular weight excluding hydrogens is 164 g/mol. The molecule has 4 heteroatoms. The Kier molecular flexibility index (Phi) is 1.68. The van der Waals surface area contributed by atoms with E-state index in [0.29, 0.717) is 6.42 Å². The molecule has 2 aliphatic heterocycles. The van der Waals surface area contributed by atoms with Crippen molar-refractivity contribution in [3.8, 4) is 0 Å². The topological polar surface area (TPSA) is 29.1 Å². The second-order valence-electron chi connectivity index (χ2n) is 3.68. The quantitative estimate of drug-likeness (QED) is 0.601. The van der Waals surface area contributed by atoms with Crippen LogP contribution in [0.1, 0.15) is 19.3 Å². The minimum absolute atomic E-state index is 0.117. The van der Waals surface area contributed by atoms with Crippen molar-refractivity contribution in [1.82, 2.24) is 5.32 Å². The molecule has 3 atom stereocenters. The Morgan fingerprint density at radius 2 is 2.17 bits per heavy atom. The van der Waals surface area contributed by atoms with Gasteiger partial charge in [-0.05, 0) is 18.8 Å². The highest BCUT2D eigenvalue weighted by Crippen LogP contribution is 2.42. The van der Waals surface area contributed by atoms with Crippen LogP contribution < -0.4 is 5.32 Å². The van der Waals surface area contributed by atoms with Crippen molar-refractivity contribution < 1.29 is 13.6 Å². The monoisotopic (exact) mass is 175 g/mol. The number of hydrogen-bond acceptors (Lipinski definition) is 2. The summed E-state index contributed by atoms with van der Waals surface area (Å²) in [6.07, 6.45) is 1.90. The van der Waals surface area contributed by atoms with Crippen molar-refractivity contribution in [3.05, 3.63) is 0 Å². The summed E-state index contributed by atoms with van der Waals surface area (Å²) in [7, 11) is 0. The Balaban J connectivity index is 2.16. The van der Waals surface area contributed by atoms with Crippen LogP contribution in [0.4, 0.5) is 8.78 Å². The second-order valence-corrected chi connectivity index (χ2v) is 3.68. The second kappa shape index (κ2) is 2.49. The van der Waals surface area contributed by atoms with Crippen molar-refractivity contribution in [2.45, 2.75) is 37.3 Å². The SMILES string of the molecule is O=C[C@H]1N[C@H]2CC[C@@H]1CC2(F)F. The molecule has 0 amide bonds. The summed E-state index contributed by atoms with van der Waals surface area (Å²) in [4.78, 5) is 10.5. The Hall–Kier alpha value is -0.510. The highest BCUT2D eigenvalue weighted by atomic mass is 19.3. The number of aldehydes is 1. The van der Waals surface area contributed by atoms with E-state index in [1.54, 1.807) is 0 Å². The lowest BCUT2D eigenvalue weighted by atomic mass is 9.74. The molecule has 0 spiro atoms. The third-order valence-corrected chi connectivity index (χ3v) is 2.92. The zero-order valence-corrected chi connectivity index (χ0v) is 6.59. The van der Waals surface area contributed by atoms with Gasteiger partial charge in [-0.25, -0.2) is 8.78 Å². The summed E-state index contributed by atoms with van der Waals surface area (Å²) in [6.45, 7) is 0. The van der Waals surface area contributed by atoms with Gasteiger partial charge in [0.1, 0.15) is 6.29 Å². The molecule has 0 aromatic carbocycles. The molecule has 3 fully saturated rings. The van der Waals surface area contributed by atoms with E-state index in [9.17, 15) is 13.6 Å². The molecule has 2 saturated heterocycles. The summed E-state index contributed by atoms with van der Waals surface area (Å²) in [5, 5.41) is 2.67. The zero-order chi connectivity index (χ0) is 8.77. The first kappa shape index (κ1) is 8.10. The molecule has 3 rings (SSSR count). The molecule has 1 aliphatic carbocycles. The lowest BCUT2D eigenvalue weighted by Gasteiger charge is -2.46. The van der Waals surface area contributed by atoms with Crippen molar-refractivity contribution in [1.29, 1.82) is 0 Å². The number of carbonyl (C=O) groups is 1. The predicted molar refractivity (Wildman–Crippen MR) is 39.1 cm³/mol. The van der Waals surface area contributed by atoms with E-state index < -0.39 is 12.0 Å². The van der Waals surface area contributed by atoms with Gasteiger partial charge in [0.25, 0.3) is 5.92 Å². The highest BCUT2D eigenvalue weighted by Gasteiger charge is 2.52. The van der Waals surface area contributed by atoms with Crippen molar-refractivity contribution in [2.75, 3.05) is 0 Å². The number of carbonyl (C=O) groups excluding carboxylic acids is 1. The third-order valence-electron chi connectivity index (χ3n) is 2.92. The van der Waals surface area contributed by atoms with E-state index in [4.69, 9.17) is 0 Å². The maximum absolute atomic E-state index is 13.0. The molecule has 1 saturated carbocycles. The molecule has 2 nitrogen and oxygen atoms in total. The highest BCUT2D eigenvalue weighted by molar-refractivity contribution is 5.59. The Morgan fingerprint density at radius 3 is 2.58 bits per heavy atom. The minimum Gasteiger partial charge on any atom is -0.302 e. The molecule has 0 aromatic heterocycles. The number of piperidine rings is 2. The van der Waals surface area contributed by atoms with Crippen LogP contribution in [0.5, 0.6) is 0 Å². The van der Waals surface area contributed by atoms with E-state index in [-0.39, 0.29) is 18.4 Å². The number of hydrogen-bond donors (Lipinski definition) is 1. The van der Waals surface area contributed by atoms with E-state index in [1.807, 2.05) is 0 Å². The van der Waals surface area contributed by atoms with Gasteiger partial charge in [-0.3, -0.25) is 5.32 Å². The largest absolute Gasteiger partial charge is 0.302 e. The van der Waals surface area contributed by atoms with Crippen LogP contribution in [0.15, 0.2) is 0 Å². The summed E-state index contributed by atoms with van der Waals surface area (Å²) in [6, 6.07) is -1.10. The molecule has 3 aliphatic rings. The van der Waals surface area contributed by atoms with Crippen molar-refractivity contribution in [3.63, 3.8) is 0 Å². The fourth-order valence-electron chi connectivity index (χ4n) is 2.22. The zero-order valence-electron chi connectivity index (χ0n) is 6.59. The lowest BCUT2D eigenvalue weighted by Crippen LogP contribution is -2.62. The molecule has 0 unspecified atom stereocenters. The van der Waals surface area contributed by atoms with Gasteiger partial charge in [0.15, 0.2) is 0 Å². The van der Waals surface area contributed by atoms with E-state index in [0.717, 1.165) is 12.7 Å². The van der Waals surface area contributed by atoms with Crippen LogP contribution in [0.25, 0.3) is 0 Å². The Labute approximate surface area is 69.3 Å². The van der Waals surface area contributed by atoms with E-state index in [2.05, 4.69) is 5.32 Å². The van der Waals surface area contributed by atoms with Crippen LogP contribution in [0.3, 0.4) is 0 Å². The number of rotatable bonds is 1. The maximum Gasteiger partial charge on any atom is 0.263 e. The number of halogens is 2. The van der Waals surface area contributed by atoms with Crippen LogP contribution in [0.2, 0.25) is 0 Å². The van der Waals surface area contributed by atoms with Gasteiger partial charge >= 0.3 is 0 Å². The van der Waals surface area contributed by atoms with Gasteiger partial charge in [-0.1, -0.05) is 0 Å². The molecule has 1 N–H and O–H groups in total. The van der Waals surface area contributed by atoms with Crippen molar-refractivity contribution in [2.24, 2.45) is 5.92 Å². The summed E-state index contributed by atoms with van der Waals surface area (Å²) in [5.74, 6) is -2.75. The van der Waals surface area contributed by atoms with Gasteiger partial charge in [0.05, 0.1) is 12.1 Å². The van der Waals surface area contributed by atoms with Gasteiger partial charge < -0.3 is 4.79 Å². The molecular formula is C8H11F2NO. The fraction of sp³-hybridized carbons (Fsp3) is 0.875. The molecule has 0 radical (unpaired) electrons. The smallest absolute Gasteiger partial charge is 0.263 e. The minimum atomic E-state index is -2.59. The van der Waals surface area contributed by atoms with Crippen molar-refractivity contribution >= 4 is 6.29 Å². The molecule has 12 heavy (non-hydrogen) atoms. The summed E-state index contributed by atoms with van der Waals surface area (Å²) >= 11 is 0. The fourth-order valence-corrected chi connectivity index (χ4v) is 2.22. The standard InChI is InChI=1S/C8H11F2NO/c9-8(10)3-5-1-2-7(8)11-6(5)4-12/h4-7,11H,1-3H2/t5-,6-,7+/m1/s1. The first-order valence-electron chi connectivity index (χ1n) is 4.22. The van der Waals surface area contributed by atoms with E-state index >= 15 is 0 Å². The molecule has 0 aromatic rings. The van der Waals surface area contributed by atoms with Crippen LogP contribution in [-0.4, -0.2) is 24.3 Å². The van der Waals surface area contributed by atoms with Crippen LogP contribution in [0, 0.1) is 5.92 Å². The Bertz CT molecular complexity index is 207. The molecule has 68 valence electrons. The summed E-state index contributed by atoms with van der Waals surface area (Å²) < 4.78 is 26.1. The first-order valence-corrected chi connectivity index (χ1v) is 4.22. The average molecular weight is 175 g/mol. The number of fused-ring (bicyclic) bond motifs is 3. The first-order chi connectivity index (χ1) is 5.63. The third kappa shape index (κ3) is 1.05. The normalized spacial score (nSPS) is 44.3. The maximum atomic E-state index is 13.0. The predicted octanol–water partition coefficient (Wildman–Crippen LogP) is 0.961. The van der Waals surface area contributed by atoms with E-state index in [1.165, 1.54) is 0 Å². The van der Waals surface area contributed by atoms with Crippen LogP contribution in [-0.2, 0) is 4.79 Å². The van der Waals surface area contributed by atoms with Crippen LogP contribution >= 0.6 is 0 Å². The van der Waals surface area contributed by atoms with Gasteiger partial charge in [0, 0.05) is 6.42 Å². The average Bonchev–Trinajstić information content (AvgIpc) is 2.03. The molecule has 2 bridgehead atoms.